The summed E-state index contributed by atoms with van der Waals surface area (Å²) in [7, 11) is 0. The lowest BCUT2D eigenvalue weighted by Crippen LogP contribution is -2.32. The smallest absolute Gasteiger partial charge is 0.000163 e. The molecule has 3 aliphatic rings. The number of fused-ring (bicyclic) bond motifs is 3. The zero-order chi connectivity index (χ0) is 17.2. The summed E-state index contributed by atoms with van der Waals surface area (Å²) in [5, 5.41) is 0. The molecule has 0 spiro atoms. The van der Waals surface area contributed by atoms with Gasteiger partial charge in [0.05, 0.1) is 0 Å². The summed E-state index contributed by atoms with van der Waals surface area (Å²) in [5.41, 5.74) is 11.1. The van der Waals surface area contributed by atoms with Crippen molar-refractivity contribution >= 4 is 11.1 Å². The van der Waals surface area contributed by atoms with E-state index in [9.17, 15) is 0 Å². The third-order valence-electron chi connectivity index (χ3n) is 7.01. The highest BCUT2D eigenvalue weighted by molar-refractivity contribution is 5.85. The fraction of sp³-hybridized carbons (Fsp3) is 0.500. The van der Waals surface area contributed by atoms with E-state index < -0.39 is 0 Å². The van der Waals surface area contributed by atoms with Crippen molar-refractivity contribution < 1.29 is 0 Å². The van der Waals surface area contributed by atoms with Crippen LogP contribution in [-0.2, 0) is 6.42 Å². The van der Waals surface area contributed by atoms with Crippen LogP contribution < -0.4 is 0 Å². The van der Waals surface area contributed by atoms with E-state index in [1.165, 1.54) is 23.1 Å². The molecule has 1 atom stereocenters. The van der Waals surface area contributed by atoms with Crippen LogP contribution in [0.1, 0.15) is 76.1 Å². The van der Waals surface area contributed by atoms with Gasteiger partial charge in [-0.25, -0.2) is 0 Å². The van der Waals surface area contributed by atoms with Gasteiger partial charge < -0.3 is 0 Å². The normalized spacial score (nSPS) is 23.7. The fourth-order valence-electron chi connectivity index (χ4n) is 5.30. The van der Waals surface area contributed by atoms with Crippen molar-refractivity contribution in [3.05, 3.63) is 58.2 Å². The molecule has 1 unspecified atom stereocenters. The molecule has 4 rings (SSSR count). The molecule has 1 aromatic rings. The van der Waals surface area contributed by atoms with Crippen LogP contribution in [0.3, 0.4) is 0 Å². The molecule has 0 aromatic heterocycles. The van der Waals surface area contributed by atoms with Crippen molar-refractivity contribution in [2.24, 2.45) is 17.3 Å². The number of allylic oxidation sites excluding steroid dienone is 6. The Morgan fingerprint density at radius 3 is 2.42 bits per heavy atom. The Kier molecular flexibility index (Phi) is 3.46. The first-order valence-electron chi connectivity index (χ1n) is 9.60. The highest BCUT2D eigenvalue weighted by atomic mass is 14.4. The molecule has 0 amide bonds. The van der Waals surface area contributed by atoms with E-state index in [0.29, 0.717) is 23.2 Å². The number of hydrogen-bond acceptors (Lipinski definition) is 0. The van der Waals surface area contributed by atoms with Gasteiger partial charge in [0.15, 0.2) is 0 Å². The van der Waals surface area contributed by atoms with Gasteiger partial charge in [-0.3, -0.25) is 0 Å². The maximum absolute atomic E-state index is 2.54. The summed E-state index contributed by atoms with van der Waals surface area (Å²) in [6.07, 6.45) is 9.75. The molecule has 1 aromatic carbocycles. The molecule has 3 aliphatic carbocycles. The molecule has 0 N–H and O–H groups in total. The zero-order valence-corrected chi connectivity index (χ0v) is 16.0. The Hall–Kier alpha value is -1.56. The lowest BCUT2D eigenvalue weighted by molar-refractivity contribution is 0.184. The van der Waals surface area contributed by atoms with E-state index in [4.69, 9.17) is 0 Å². The summed E-state index contributed by atoms with van der Waals surface area (Å²) in [6, 6.07) is 5.01. The SMILES string of the molecule is CC1=CC(C)c2cc3c(cc21)C1=C(C=CC(C(C)C)(C(C)C)C1)C3. The molecule has 0 nitrogen and oxygen atoms in total. The summed E-state index contributed by atoms with van der Waals surface area (Å²) < 4.78 is 0. The van der Waals surface area contributed by atoms with E-state index >= 15 is 0 Å². The zero-order valence-electron chi connectivity index (χ0n) is 16.0. The van der Waals surface area contributed by atoms with Crippen LogP contribution in [0.4, 0.5) is 0 Å². The van der Waals surface area contributed by atoms with Crippen molar-refractivity contribution in [2.45, 2.75) is 60.3 Å². The molecule has 0 aliphatic heterocycles. The molecular weight excluding hydrogens is 288 g/mol. The van der Waals surface area contributed by atoms with Crippen LogP contribution in [0, 0.1) is 17.3 Å². The molecular formula is C24H30. The van der Waals surface area contributed by atoms with Crippen LogP contribution in [0.5, 0.6) is 0 Å². The second-order valence-electron chi connectivity index (χ2n) is 8.85. The lowest BCUT2D eigenvalue weighted by atomic mass is 9.63. The Balaban J connectivity index is 1.80. The second-order valence-corrected chi connectivity index (χ2v) is 8.85. The predicted octanol–water partition coefficient (Wildman–Crippen LogP) is 6.78. The quantitative estimate of drug-likeness (QED) is 0.564. The monoisotopic (exact) mass is 318 g/mol. The molecule has 24 heavy (non-hydrogen) atoms. The average molecular weight is 319 g/mol. The highest BCUT2D eigenvalue weighted by Crippen LogP contribution is 2.53. The van der Waals surface area contributed by atoms with Crippen molar-refractivity contribution in [3.8, 4) is 0 Å². The first-order chi connectivity index (χ1) is 11.3. The summed E-state index contributed by atoms with van der Waals surface area (Å²) in [6.45, 7) is 14.2. The first-order valence-corrected chi connectivity index (χ1v) is 9.60. The van der Waals surface area contributed by atoms with E-state index in [1.54, 1.807) is 22.3 Å². The van der Waals surface area contributed by atoms with E-state index in [1.807, 2.05) is 0 Å². The molecule has 0 heterocycles. The van der Waals surface area contributed by atoms with Gasteiger partial charge >= 0.3 is 0 Å². The summed E-state index contributed by atoms with van der Waals surface area (Å²) >= 11 is 0. The Morgan fingerprint density at radius 1 is 1.04 bits per heavy atom. The van der Waals surface area contributed by atoms with Crippen LogP contribution in [-0.4, -0.2) is 0 Å². The van der Waals surface area contributed by atoms with E-state index in [2.05, 4.69) is 71.9 Å². The minimum atomic E-state index is 0.303. The maximum Gasteiger partial charge on any atom is 0.000163 e. The number of rotatable bonds is 2. The largest absolute Gasteiger partial charge is 0.0772 e. The van der Waals surface area contributed by atoms with Gasteiger partial charge in [0.2, 0.25) is 0 Å². The third kappa shape index (κ3) is 2.05. The van der Waals surface area contributed by atoms with Crippen LogP contribution in [0.25, 0.3) is 11.1 Å². The van der Waals surface area contributed by atoms with Crippen molar-refractivity contribution in [1.29, 1.82) is 0 Å². The maximum atomic E-state index is 2.54. The average Bonchev–Trinajstić information content (AvgIpc) is 3.02. The summed E-state index contributed by atoms with van der Waals surface area (Å²) in [5.74, 6) is 1.91. The van der Waals surface area contributed by atoms with Gasteiger partial charge in [0, 0.05) is 5.92 Å². The minimum Gasteiger partial charge on any atom is -0.0772 e. The van der Waals surface area contributed by atoms with E-state index in [-0.39, 0.29) is 0 Å². The minimum absolute atomic E-state index is 0.303. The van der Waals surface area contributed by atoms with Crippen molar-refractivity contribution in [3.63, 3.8) is 0 Å². The van der Waals surface area contributed by atoms with Crippen molar-refractivity contribution in [1.82, 2.24) is 0 Å². The standard InChI is InChI=1S/C24H30/c1-14(2)24(15(3)4)8-7-18-10-19-11-20-16(5)9-17(6)21(20)12-22(19)23(18)13-24/h7-9,11-12,14-16H,10,13H2,1-6H3. The Labute approximate surface area is 147 Å². The van der Waals surface area contributed by atoms with E-state index in [0.717, 1.165) is 6.42 Å². The highest BCUT2D eigenvalue weighted by Gasteiger charge is 2.40. The first kappa shape index (κ1) is 15.9. The predicted molar refractivity (Wildman–Crippen MR) is 105 cm³/mol. The molecule has 0 saturated heterocycles. The van der Waals surface area contributed by atoms with Gasteiger partial charge in [-0.2, -0.15) is 0 Å². The topological polar surface area (TPSA) is 0 Å². The molecule has 0 radical (unpaired) electrons. The number of benzene rings is 1. The van der Waals surface area contributed by atoms with Crippen molar-refractivity contribution in [2.75, 3.05) is 0 Å². The Bertz CT molecular complexity index is 788. The van der Waals surface area contributed by atoms with Crippen LogP contribution >= 0.6 is 0 Å². The van der Waals surface area contributed by atoms with Gasteiger partial charge in [-0.05, 0) is 82.1 Å². The molecule has 0 heteroatoms. The number of hydrogen-bond donors (Lipinski definition) is 0. The van der Waals surface area contributed by atoms with Gasteiger partial charge in [-0.15, -0.1) is 0 Å². The summed E-state index contributed by atoms with van der Waals surface area (Å²) in [4.78, 5) is 0. The lowest BCUT2D eigenvalue weighted by Gasteiger charge is -2.42. The van der Waals surface area contributed by atoms with Gasteiger partial charge in [0.25, 0.3) is 0 Å². The van der Waals surface area contributed by atoms with Gasteiger partial charge in [0.1, 0.15) is 0 Å². The molecule has 126 valence electrons. The Morgan fingerprint density at radius 2 is 1.75 bits per heavy atom. The second kappa shape index (κ2) is 5.22. The molecule has 0 bridgehead atoms. The van der Waals surface area contributed by atoms with Crippen LogP contribution in [0.15, 0.2) is 35.9 Å². The molecule has 0 fully saturated rings. The fourth-order valence-corrected chi connectivity index (χ4v) is 5.30. The van der Waals surface area contributed by atoms with Gasteiger partial charge in [-0.1, -0.05) is 58.9 Å². The molecule has 0 saturated carbocycles. The van der Waals surface area contributed by atoms with Crippen LogP contribution in [0.2, 0.25) is 0 Å². The third-order valence-corrected chi connectivity index (χ3v) is 7.01.